The van der Waals surface area contributed by atoms with Crippen molar-refractivity contribution in [1.82, 2.24) is 4.90 Å². The van der Waals surface area contributed by atoms with Crippen LogP contribution in [0.5, 0.6) is 0 Å². The average Bonchev–Trinajstić information content (AvgIpc) is 2.85. The van der Waals surface area contributed by atoms with Crippen molar-refractivity contribution in [3.63, 3.8) is 0 Å². The summed E-state index contributed by atoms with van der Waals surface area (Å²) in [5, 5.41) is 9.46. The Morgan fingerprint density at radius 2 is 1.84 bits per heavy atom. The van der Waals surface area contributed by atoms with Gasteiger partial charge < -0.3 is 5.11 Å². The van der Waals surface area contributed by atoms with Gasteiger partial charge in [-0.1, -0.05) is 43.2 Å². The maximum atomic E-state index is 11.5. The van der Waals surface area contributed by atoms with Crippen LogP contribution in [0.4, 0.5) is 0 Å². The molecule has 1 aromatic carbocycles. The van der Waals surface area contributed by atoms with E-state index in [0.29, 0.717) is 11.8 Å². The summed E-state index contributed by atoms with van der Waals surface area (Å²) in [5.41, 5.74) is 1.58. The highest BCUT2D eigenvalue weighted by Crippen LogP contribution is 2.46. The van der Waals surface area contributed by atoms with Gasteiger partial charge in [-0.05, 0) is 30.2 Å². The molecule has 1 aromatic rings. The second-order valence-electron chi connectivity index (χ2n) is 6.16. The van der Waals surface area contributed by atoms with Crippen molar-refractivity contribution >= 4 is 5.97 Å². The SMILES string of the molecule is O=C(O)C(Cc1ccccc1)N1CC2(CCCC2)C1. The zero-order chi connectivity index (χ0) is 13.3. The van der Waals surface area contributed by atoms with Gasteiger partial charge in [-0.2, -0.15) is 0 Å². The minimum atomic E-state index is -0.684. The lowest BCUT2D eigenvalue weighted by molar-refractivity contribution is -0.149. The van der Waals surface area contributed by atoms with Crippen molar-refractivity contribution in [3.05, 3.63) is 35.9 Å². The Labute approximate surface area is 114 Å². The topological polar surface area (TPSA) is 40.5 Å². The molecule has 1 spiro atoms. The molecule has 102 valence electrons. The molecule has 3 heteroatoms. The third kappa shape index (κ3) is 2.52. The number of likely N-dealkylation sites (tertiary alicyclic amines) is 1. The number of carboxylic acid groups (broad SMARTS) is 1. The lowest BCUT2D eigenvalue weighted by Crippen LogP contribution is -2.61. The van der Waals surface area contributed by atoms with Crippen LogP contribution < -0.4 is 0 Å². The normalized spacial score (nSPS) is 23.2. The number of hydrogen-bond donors (Lipinski definition) is 1. The first-order chi connectivity index (χ1) is 9.19. The Balaban J connectivity index is 1.64. The molecular weight excluding hydrogens is 238 g/mol. The summed E-state index contributed by atoms with van der Waals surface area (Å²) in [4.78, 5) is 13.7. The van der Waals surface area contributed by atoms with Gasteiger partial charge in [0.05, 0.1) is 0 Å². The van der Waals surface area contributed by atoms with Crippen LogP contribution in [-0.2, 0) is 11.2 Å². The smallest absolute Gasteiger partial charge is 0.321 e. The fraction of sp³-hybridized carbons (Fsp3) is 0.562. The second-order valence-corrected chi connectivity index (χ2v) is 6.16. The molecule has 3 rings (SSSR count). The molecular formula is C16H21NO2. The fourth-order valence-corrected chi connectivity index (χ4v) is 3.69. The van der Waals surface area contributed by atoms with Gasteiger partial charge in [0.2, 0.25) is 0 Å². The zero-order valence-corrected chi connectivity index (χ0v) is 11.2. The van der Waals surface area contributed by atoms with Crippen LogP contribution in [0.15, 0.2) is 30.3 Å². The van der Waals surface area contributed by atoms with E-state index in [2.05, 4.69) is 4.90 Å². The van der Waals surface area contributed by atoms with Gasteiger partial charge in [-0.3, -0.25) is 9.69 Å². The molecule has 1 aliphatic carbocycles. The van der Waals surface area contributed by atoms with Crippen LogP contribution in [0.2, 0.25) is 0 Å². The summed E-state index contributed by atoms with van der Waals surface area (Å²) in [7, 11) is 0. The summed E-state index contributed by atoms with van der Waals surface area (Å²) in [6, 6.07) is 9.60. The highest BCUT2D eigenvalue weighted by Gasteiger charge is 2.48. The van der Waals surface area contributed by atoms with Crippen molar-refractivity contribution in [2.75, 3.05) is 13.1 Å². The zero-order valence-electron chi connectivity index (χ0n) is 11.2. The number of carbonyl (C=O) groups is 1. The monoisotopic (exact) mass is 259 g/mol. The quantitative estimate of drug-likeness (QED) is 0.903. The van der Waals surface area contributed by atoms with Crippen molar-refractivity contribution < 1.29 is 9.90 Å². The van der Waals surface area contributed by atoms with Crippen molar-refractivity contribution in [2.45, 2.75) is 38.1 Å². The minimum absolute atomic E-state index is 0.353. The highest BCUT2D eigenvalue weighted by molar-refractivity contribution is 5.74. The number of rotatable bonds is 4. The molecule has 0 bridgehead atoms. The number of nitrogens with zero attached hydrogens (tertiary/aromatic N) is 1. The second kappa shape index (κ2) is 4.97. The van der Waals surface area contributed by atoms with Crippen LogP contribution in [0.1, 0.15) is 31.2 Å². The molecule has 1 saturated heterocycles. The van der Waals surface area contributed by atoms with E-state index in [9.17, 15) is 9.90 Å². The molecule has 1 saturated carbocycles. The van der Waals surface area contributed by atoms with Gasteiger partial charge in [0.25, 0.3) is 0 Å². The number of hydrogen-bond acceptors (Lipinski definition) is 2. The molecule has 1 N–H and O–H groups in total. The first-order valence-electron chi connectivity index (χ1n) is 7.19. The summed E-state index contributed by atoms with van der Waals surface area (Å²) in [6.07, 6.45) is 5.85. The molecule has 0 aromatic heterocycles. The van der Waals surface area contributed by atoms with Crippen molar-refractivity contribution in [2.24, 2.45) is 5.41 Å². The largest absolute Gasteiger partial charge is 0.480 e. The van der Waals surface area contributed by atoms with Crippen LogP contribution in [0.3, 0.4) is 0 Å². The Kier molecular flexibility index (Phi) is 3.31. The van der Waals surface area contributed by atoms with Gasteiger partial charge in [0.1, 0.15) is 6.04 Å². The lowest BCUT2D eigenvalue weighted by Gasteiger charge is -2.50. The summed E-state index contributed by atoms with van der Waals surface area (Å²) < 4.78 is 0. The van der Waals surface area contributed by atoms with Gasteiger partial charge >= 0.3 is 5.97 Å². The van der Waals surface area contributed by atoms with Crippen LogP contribution in [-0.4, -0.2) is 35.1 Å². The van der Waals surface area contributed by atoms with Gasteiger partial charge in [0, 0.05) is 13.1 Å². The van der Waals surface area contributed by atoms with E-state index in [1.807, 2.05) is 30.3 Å². The van der Waals surface area contributed by atoms with E-state index in [0.717, 1.165) is 18.7 Å². The molecule has 2 aliphatic rings. The van der Waals surface area contributed by atoms with Gasteiger partial charge in [-0.15, -0.1) is 0 Å². The Morgan fingerprint density at radius 3 is 2.42 bits per heavy atom. The third-order valence-electron chi connectivity index (χ3n) is 4.74. The highest BCUT2D eigenvalue weighted by atomic mass is 16.4. The van der Waals surface area contributed by atoms with E-state index in [4.69, 9.17) is 0 Å². The molecule has 1 heterocycles. The predicted octanol–water partition coefficient (Wildman–Crippen LogP) is 2.56. The average molecular weight is 259 g/mol. The Hall–Kier alpha value is -1.35. The molecule has 1 atom stereocenters. The van der Waals surface area contributed by atoms with Gasteiger partial charge in [-0.25, -0.2) is 0 Å². The van der Waals surface area contributed by atoms with Crippen molar-refractivity contribution in [3.8, 4) is 0 Å². The number of carboxylic acids is 1. The van der Waals surface area contributed by atoms with Gasteiger partial charge in [0.15, 0.2) is 0 Å². The Bertz CT molecular complexity index is 443. The molecule has 1 unspecified atom stereocenters. The van der Waals surface area contributed by atoms with Crippen molar-refractivity contribution in [1.29, 1.82) is 0 Å². The van der Waals surface area contributed by atoms with Crippen LogP contribution >= 0.6 is 0 Å². The van der Waals surface area contributed by atoms with Crippen LogP contribution in [0, 0.1) is 5.41 Å². The molecule has 0 radical (unpaired) electrons. The number of benzene rings is 1. The number of aliphatic carboxylic acids is 1. The molecule has 19 heavy (non-hydrogen) atoms. The first kappa shape index (κ1) is 12.7. The minimum Gasteiger partial charge on any atom is -0.480 e. The molecule has 3 nitrogen and oxygen atoms in total. The maximum Gasteiger partial charge on any atom is 0.321 e. The maximum absolute atomic E-state index is 11.5. The summed E-state index contributed by atoms with van der Waals surface area (Å²) >= 11 is 0. The molecule has 0 amide bonds. The summed E-state index contributed by atoms with van der Waals surface area (Å²) in [5.74, 6) is -0.684. The standard InChI is InChI=1S/C16H21NO2/c18-15(19)14(10-13-6-2-1-3-7-13)17-11-16(12-17)8-4-5-9-16/h1-3,6-7,14H,4-5,8-12H2,(H,18,19). The van der Waals surface area contributed by atoms with E-state index in [-0.39, 0.29) is 6.04 Å². The van der Waals surface area contributed by atoms with E-state index in [1.165, 1.54) is 25.7 Å². The van der Waals surface area contributed by atoms with E-state index < -0.39 is 5.97 Å². The predicted molar refractivity (Wildman–Crippen MR) is 74.0 cm³/mol. The lowest BCUT2D eigenvalue weighted by atomic mass is 9.77. The first-order valence-corrected chi connectivity index (χ1v) is 7.19. The molecule has 2 fully saturated rings. The van der Waals surface area contributed by atoms with Crippen LogP contribution in [0.25, 0.3) is 0 Å². The van der Waals surface area contributed by atoms with E-state index in [1.54, 1.807) is 0 Å². The third-order valence-corrected chi connectivity index (χ3v) is 4.74. The Morgan fingerprint density at radius 1 is 1.21 bits per heavy atom. The summed E-state index contributed by atoms with van der Waals surface area (Å²) in [6.45, 7) is 1.97. The molecule has 1 aliphatic heterocycles. The van der Waals surface area contributed by atoms with E-state index >= 15 is 0 Å². The fourth-order valence-electron chi connectivity index (χ4n) is 3.69.